The Morgan fingerprint density at radius 1 is 1.27 bits per heavy atom. The van der Waals surface area contributed by atoms with Crippen LogP contribution in [0.3, 0.4) is 0 Å². The van der Waals surface area contributed by atoms with Crippen LogP contribution in [-0.4, -0.2) is 27.7 Å². The molecule has 1 heterocycles. The van der Waals surface area contributed by atoms with Crippen LogP contribution in [0, 0.1) is 5.92 Å². The lowest BCUT2D eigenvalue weighted by molar-refractivity contribution is -0.125. The van der Waals surface area contributed by atoms with Crippen molar-refractivity contribution in [1.82, 2.24) is 4.90 Å². The Kier molecular flexibility index (Phi) is 5.60. The van der Waals surface area contributed by atoms with Crippen molar-refractivity contribution >= 4 is 34.5 Å². The third kappa shape index (κ3) is 4.59. The van der Waals surface area contributed by atoms with Crippen molar-refractivity contribution in [2.24, 2.45) is 5.92 Å². The molecule has 0 radical (unpaired) electrons. The molecule has 0 saturated carbocycles. The molecule has 5 nitrogen and oxygen atoms in total. The Morgan fingerprint density at radius 3 is 2.50 bits per heavy atom. The van der Waals surface area contributed by atoms with E-state index in [2.05, 4.69) is 19.2 Å². The molecular formula is C16H20N2O3S. The maximum atomic E-state index is 11.8. The fourth-order valence-corrected chi connectivity index (χ4v) is 2.78. The summed E-state index contributed by atoms with van der Waals surface area (Å²) in [5.41, 5.74) is 1.59. The van der Waals surface area contributed by atoms with Crippen molar-refractivity contribution in [1.29, 1.82) is 0 Å². The van der Waals surface area contributed by atoms with E-state index in [1.807, 2.05) is 12.1 Å². The van der Waals surface area contributed by atoms with E-state index < -0.39 is 0 Å². The normalized spacial score (nSPS) is 14.8. The Hall–Kier alpha value is -1.82. The number of carbonyl (C=O) groups is 3. The average Bonchev–Trinajstić information content (AvgIpc) is 2.79. The van der Waals surface area contributed by atoms with Gasteiger partial charge in [-0.1, -0.05) is 37.7 Å². The summed E-state index contributed by atoms with van der Waals surface area (Å²) in [6.07, 6.45) is 1.37. The highest BCUT2D eigenvalue weighted by molar-refractivity contribution is 8.14. The topological polar surface area (TPSA) is 66.5 Å². The van der Waals surface area contributed by atoms with Gasteiger partial charge < -0.3 is 5.32 Å². The molecule has 118 valence electrons. The Labute approximate surface area is 134 Å². The lowest BCUT2D eigenvalue weighted by atomic mass is 10.1. The molecule has 1 saturated heterocycles. The second-order valence-corrected chi connectivity index (χ2v) is 6.64. The molecule has 1 aromatic rings. The first kappa shape index (κ1) is 16.5. The molecule has 1 fully saturated rings. The fraction of sp³-hybridized carbons (Fsp3) is 0.438. The second-order valence-electron chi connectivity index (χ2n) is 5.71. The first-order valence-corrected chi connectivity index (χ1v) is 8.30. The van der Waals surface area contributed by atoms with Crippen LogP contribution in [0.15, 0.2) is 24.3 Å². The number of anilines is 1. The highest BCUT2D eigenvalue weighted by Crippen LogP contribution is 2.22. The van der Waals surface area contributed by atoms with Crippen LogP contribution >= 0.6 is 11.8 Å². The van der Waals surface area contributed by atoms with Gasteiger partial charge in [0.05, 0.1) is 12.3 Å². The minimum Gasteiger partial charge on any atom is -0.326 e. The summed E-state index contributed by atoms with van der Waals surface area (Å²) in [5, 5.41) is 2.65. The summed E-state index contributed by atoms with van der Waals surface area (Å²) in [6, 6.07) is 7.23. The van der Waals surface area contributed by atoms with Gasteiger partial charge in [0.25, 0.3) is 5.24 Å². The molecule has 0 unspecified atom stereocenters. The van der Waals surface area contributed by atoms with Gasteiger partial charge in [-0.3, -0.25) is 19.3 Å². The maximum Gasteiger partial charge on any atom is 0.289 e. The molecule has 0 aromatic heterocycles. The minimum absolute atomic E-state index is 0.00254. The summed E-state index contributed by atoms with van der Waals surface area (Å²) in [6.45, 7) is 4.45. The zero-order chi connectivity index (χ0) is 16.1. The van der Waals surface area contributed by atoms with E-state index in [4.69, 9.17) is 0 Å². The largest absolute Gasteiger partial charge is 0.326 e. The van der Waals surface area contributed by atoms with Crippen molar-refractivity contribution < 1.29 is 14.4 Å². The quantitative estimate of drug-likeness (QED) is 0.873. The smallest absolute Gasteiger partial charge is 0.289 e. The molecule has 2 rings (SSSR count). The van der Waals surface area contributed by atoms with Crippen LogP contribution in [-0.2, 0) is 16.1 Å². The number of nitrogens with one attached hydrogen (secondary N) is 1. The molecule has 0 atom stereocenters. The van der Waals surface area contributed by atoms with Crippen LogP contribution in [0.25, 0.3) is 0 Å². The predicted octanol–water partition coefficient (Wildman–Crippen LogP) is 3.26. The van der Waals surface area contributed by atoms with Crippen molar-refractivity contribution in [2.75, 3.05) is 11.1 Å². The Balaban J connectivity index is 1.89. The van der Waals surface area contributed by atoms with E-state index in [1.165, 1.54) is 4.90 Å². The zero-order valence-corrected chi connectivity index (χ0v) is 13.6. The van der Waals surface area contributed by atoms with Gasteiger partial charge in [-0.15, -0.1) is 0 Å². The summed E-state index contributed by atoms with van der Waals surface area (Å²) in [7, 11) is 0. The molecule has 0 bridgehead atoms. The van der Waals surface area contributed by atoms with Gasteiger partial charge in [0, 0.05) is 12.1 Å². The van der Waals surface area contributed by atoms with Crippen LogP contribution in [0.2, 0.25) is 0 Å². The highest BCUT2D eigenvalue weighted by Gasteiger charge is 2.29. The first-order valence-electron chi connectivity index (χ1n) is 7.31. The number of carbonyl (C=O) groups excluding carboxylic acids is 3. The van der Waals surface area contributed by atoms with Crippen molar-refractivity contribution in [3.63, 3.8) is 0 Å². The molecule has 3 amide bonds. The zero-order valence-electron chi connectivity index (χ0n) is 12.8. The van der Waals surface area contributed by atoms with Gasteiger partial charge in [0.1, 0.15) is 0 Å². The SMILES string of the molecule is CC(C)CCC(=O)Nc1ccc(CN2C(=O)CSC2=O)cc1. The molecular weight excluding hydrogens is 300 g/mol. The number of benzene rings is 1. The third-order valence-electron chi connectivity index (χ3n) is 3.37. The summed E-state index contributed by atoms with van der Waals surface area (Å²) >= 11 is 1.03. The average molecular weight is 320 g/mol. The monoisotopic (exact) mass is 320 g/mol. The fourth-order valence-electron chi connectivity index (χ4n) is 2.05. The van der Waals surface area contributed by atoms with Crippen LogP contribution < -0.4 is 5.32 Å². The Morgan fingerprint density at radius 2 is 1.95 bits per heavy atom. The van der Waals surface area contributed by atoms with E-state index >= 15 is 0 Å². The molecule has 0 spiro atoms. The number of imide groups is 1. The molecule has 1 N–H and O–H groups in total. The van der Waals surface area contributed by atoms with Crippen LogP contribution in [0.5, 0.6) is 0 Å². The standard InChI is InChI=1S/C16H20N2O3S/c1-11(2)3-8-14(19)17-13-6-4-12(5-7-13)9-18-15(20)10-22-16(18)21/h4-7,11H,3,8-10H2,1-2H3,(H,17,19). The van der Waals surface area contributed by atoms with Crippen molar-refractivity contribution in [3.8, 4) is 0 Å². The first-order chi connectivity index (χ1) is 10.5. The minimum atomic E-state index is -0.198. The van der Waals surface area contributed by atoms with Crippen molar-refractivity contribution in [3.05, 3.63) is 29.8 Å². The summed E-state index contributed by atoms with van der Waals surface area (Å²) in [5.74, 6) is 0.577. The van der Waals surface area contributed by atoms with E-state index in [9.17, 15) is 14.4 Å². The lowest BCUT2D eigenvalue weighted by Gasteiger charge is -2.13. The van der Waals surface area contributed by atoms with E-state index in [0.717, 1.165) is 29.4 Å². The maximum absolute atomic E-state index is 11.8. The lowest BCUT2D eigenvalue weighted by Crippen LogP contribution is -2.27. The van der Waals surface area contributed by atoms with Gasteiger partial charge in [0.15, 0.2) is 0 Å². The molecule has 1 aliphatic rings. The number of rotatable bonds is 6. The predicted molar refractivity (Wildman–Crippen MR) is 87.5 cm³/mol. The molecule has 1 aliphatic heterocycles. The number of nitrogens with zero attached hydrogens (tertiary/aromatic N) is 1. The van der Waals surface area contributed by atoms with Gasteiger partial charge in [-0.25, -0.2) is 0 Å². The third-order valence-corrected chi connectivity index (χ3v) is 4.23. The number of thioether (sulfide) groups is 1. The highest BCUT2D eigenvalue weighted by atomic mass is 32.2. The number of amides is 3. The number of hydrogen-bond acceptors (Lipinski definition) is 4. The van der Waals surface area contributed by atoms with E-state index in [-0.39, 0.29) is 29.4 Å². The van der Waals surface area contributed by atoms with Crippen LogP contribution in [0.4, 0.5) is 10.5 Å². The van der Waals surface area contributed by atoms with Crippen molar-refractivity contribution in [2.45, 2.75) is 33.2 Å². The summed E-state index contributed by atoms with van der Waals surface area (Å²) in [4.78, 5) is 36.1. The van der Waals surface area contributed by atoms with Gasteiger partial charge in [-0.05, 0) is 30.0 Å². The van der Waals surface area contributed by atoms with Gasteiger partial charge in [0.2, 0.25) is 11.8 Å². The van der Waals surface area contributed by atoms with Gasteiger partial charge in [-0.2, -0.15) is 0 Å². The summed E-state index contributed by atoms with van der Waals surface area (Å²) < 4.78 is 0. The molecule has 1 aromatic carbocycles. The molecule has 6 heteroatoms. The van der Waals surface area contributed by atoms with E-state index in [0.29, 0.717) is 12.3 Å². The Bertz CT molecular complexity index is 553. The van der Waals surface area contributed by atoms with E-state index in [1.54, 1.807) is 12.1 Å². The molecule has 22 heavy (non-hydrogen) atoms. The van der Waals surface area contributed by atoms with Crippen LogP contribution in [0.1, 0.15) is 32.3 Å². The van der Waals surface area contributed by atoms with Gasteiger partial charge >= 0.3 is 0 Å². The number of hydrogen-bond donors (Lipinski definition) is 1. The molecule has 0 aliphatic carbocycles. The second kappa shape index (κ2) is 7.45.